The third-order valence-electron chi connectivity index (χ3n) is 3.96. The van der Waals surface area contributed by atoms with Crippen molar-refractivity contribution in [2.75, 3.05) is 20.1 Å². The maximum absolute atomic E-state index is 5.96. The van der Waals surface area contributed by atoms with E-state index in [-0.39, 0.29) is 6.04 Å². The molecule has 2 rings (SSSR count). The van der Waals surface area contributed by atoms with Gasteiger partial charge in [-0.05, 0) is 45.3 Å². The van der Waals surface area contributed by atoms with Gasteiger partial charge in [0, 0.05) is 18.8 Å². The van der Waals surface area contributed by atoms with Crippen LogP contribution in [0.1, 0.15) is 38.4 Å². The summed E-state index contributed by atoms with van der Waals surface area (Å²) in [6.45, 7) is 7.82. The number of aromatic nitrogens is 2. The molecule has 1 aromatic rings. The van der Waals surface area contributed by atoms with Crippen LogP contribution in [0.2, 0.25) is 0 Å². The fourth-order valence-electron chi connectivity index (χ4n) is 2.57. The van der Waals surface area contributed by atoms with Gasteiger partial charge in [0.25, 0.3) is 0 Å². The van der Waals surface area contributed by atoms with Crippen LogP contribution < -0.4 is 5.73 Å². The number of nitrogens with two attached hydrogens (primary N) is 1. The summed E-state index contributed by atoms with van der Waals surface area (Å²) in [5.41, 5.74) is 7.49. The highest BCUT2D eigenvalue weighted by Gasteiger charge is 2.29. The normalized spacial score (nSPS) is 22.6. The van der Waals surface area contributed by atoms with E-state index < -0.39 is 0 Å². The van der Waals surface area contributed by atoms with Crippen molar-refractivity contribution in [1.82, 2.24) is 14.5 Å². The summed E-state index contributed by atoms with van der Waals surface area (Å²) in [6.07, 6.45) is 6.31. The number of imidazole rings is 1. The molecule has 1 unspecified atom stereocenters. The maximum Gasteiger partial charge on any atom is 0.0948 e. The Labute approximate surface area is 104 Å². The minimum atomic E-state index is 0.0624. The van der Waals surface area contributed by atoms with E-state index >= 15 is 0 Å². The summed E-state index contributed by atoms with van der Waals surface area (Å²) in [4.78, 5) is 6.63. The van der Waals surface area contributed by atoms with Gasteiger partial charge < -0.3 is 15.2 Å². The Balaban J connectivity index is 2.07. The molecule has 0 spiro atoms. The van der Waals surface area contributed by atoms with Crippen molar-refractivity contribution in [3.8, 4) is 0 Å². The summed E-state index contributed by atoms with van der Waals surface area (Å²) in [6, 6.07) is 0.0624. The molecule has 1 aromatic heterocycles. The van der Waals surface area contributed by atoms with E-state index in [1.54, 1.807) is 0 Å². The van der Waals surface area contributed by atoms with Gasteiger partial charge in [-0.25, -0.2) is 4.98 Å². The summed E-state index contributed by atoms with van der Waals surface area (Å²) in [5, 5.41) is 0. The zero-order valence-electron chi connectivity index (χ0n) is 11.2. The molecule has 0 radical (unpaired) electrons. The number of nitrogens with zero attached hydrogens (tertiary/aromatic N) is 3. The third-order valence-corrected chi connectivity index (χ3v) is 3.96. The average Bonchev–Trinajstić information content (AvgIpc) is 2.71. The molecule has 4 heteroatoms. The highest BCUT2D eigenvalue weighted by Crippen LogP contribution is 2.32. The molecular formula is C13H24N4. The second-order valence-corrected chi connectivity index (χ2v) is 5.85. The van der Waals surface area contributed by atoms with Crippen molar-refractivity contribution in [3.63, 3.8) is 0 Å². The number of hydrogen-bond donors (Lipinski definition) is 1. The molecule has 1 saturated heterocycles. The lowest BCUT2D eigenvalue weighted by Gasteiger charge is -2.38. The molecular weight excluding hydrogens is 212 g/mol. The summed E-state index contributed by atoms with van der Waals surface area (Å²) < 4.78 is 2.23. The second-order valence-electron chi connectivity index (χ2n) is 5.85. The topological polar surface area (TPSA) is 47.1 Å². The lowest BCUT2D eigenvalue weighted by molar-refractivity contribution is 0.119. The van der Waals surface area contributed by atoms with Gasteiger partial charge in [0.15, 0.2) is 0 Å². The Bertz CT molecular complexity index is 361. The molecule has 0 aliphatic carbocycles. The van der Waals surface area contributed by atoms with Crippen molar-refractivity contribution < 1.29 is 0 Å². The molecule has 0 aromatic carbocycles. The van der Waals surface area contributed by atoms with E-state index in [1.807, 2.05) is 19.4 Å². The van der Waals surface area contributed by atoms with Crippen molar-refractivity contribution in [2.24, 2.45) is 11.1 Å². The standard InChI is InChI=1S/C13H24N4/c1-11(14)12-8-15-10-17(12)9-13(2)4-6-16(3)7-5-13/h8,10-11H,4-7,9,14H2,1-3H3. The molecule has 0 saturated carbocycles. The van der Waals surface area contributed by atoms with Gasteiger partial charge in [-0.1, -0.05) is 6.92 Å². The Kier molecular flexibility index (Phi) is 3.54. The van der Waals surface area contributed by atoms with Crippen LogP contribution in [0.4, 0.5) is 0 Å². The van der Waals surface area contributed by atoms with Gasteiger partial charge in [-0.2, -0.15) is 0 Å². The first-order chi connectivity index (χ1) is 8.00. The van der Waals surface area contributed by atoms with Crippen molar-refractivity contribution >= 4 is 0 Å². The molecule has 2 heterocycles. The SMILES string of the molecule is CC(N)c1cncn1CC1(C)CCN(C)CC1. The second kappa shape index (κ2) is 4.78. The molecule has 0 amide bonds. The maximum atomic E-state index is 5.96. The fraction of sp³-hybridized carbons (Fsp3) is 0.769. The van der Waals surface area contributed by atoms with Crippen LogP contribution in [0, 0.1) is 5.41 Å². The van der Waals surface area contributed by atoms with E-state index in [9.17, 15) is 0 Å². The summed E-state index contributed by atoms with van der Waals surface area (Å²) in [7, 11) is 2.20. The number of hydrogen-bond acceptors (Lipinski definition) is 3. The first-order valence-corrected chi connectivity index (χ1v) is 6.44. The lowest BCUT2D eigenvalue weighted by Crippen LogP contribution is -2.38. The van der Waals surface area contributed by atoms with Crippen LogP contribution in [-0.4, -0.2) is 34.6 Å². The van der Waals surface area contributed by atoms with Crippen LogP contribution in [0.15, 0.2) is 12.5 Å². The van der Waals surface area contributed by atoms with Gasteiger partial charge in [0.1, 0.15) is 0 Å². The zero-order valence-corrected chi connectivity index (χ0v) is 11.2. The molecule has 1 atom stereocenters. The van der Waals surface area contributed by atoms with Gasteiger partial charge >= 0.3 is 0 Å². The number of likely N-dealkylation sites (tertiary alicyclic amines) is 1. The minimum Gasteiger partial charge on any atom is -0.333 e. The van der Waals surface area contributed by atoms with E-state index in [0.717, 1.165) is 12.2 Å². The van der Waals surface area contributed by atoms with Crippen molar-refractivity contribution in [1.29, 1.82) is 0 Å². The van der Waals surface area contributed by atoms with E-state index in [2.05, 4.69) is 28.4 Å². The predicted octanol–water partition coefficient (Wildman–Crippen LogP) is 1.63. The molecule has 1 aliphatic rings. The van der Waals surface area contributed by atoms with Gasteiger partial charge in [0.2, 0.25) is 0 Å². The van der Waals surface area contributed by atoms with Crippen LogP contribution in [0.5, 0.6) is 0 Å². The molecule has 96 valence electrons. The van der Waals surface area contributed by atoms with Crippen LogP contribution >= 0.6 is 0 Å². The quantitative estimate of drug-likeness (QED) is 0.868. The Morgan fingerprint density at radius 2 is 2.12 bits per heavy atom. The van der Waals surface area contributed by atoms with Crippen molar-refractivity contribution in [3.05, 3.63) is 18.2 Å². The zero-order chi connectivity index (χ0) is 12.5. The molecule has 4 nitrogen and oxygen atoms in total. The molecule has 17 heavy (non-hydrogen) atoms. The summed E-state index contributed by atoms with van der Waals surface area (Å²) >= 11 is 0. The Hall–Kier alpha value is -0.870. The van der Waals surface area contributed by atoms with Crippen molar-refractivity contribution in [2.45, 2.75) is 39.3 Å². The largest absolute Gasteiger partial charge is 0.333 e. The van der Waals surface area contributed by atoms with Gasteiger partial charge in [-0.3, -0.25) is 0 Å². The number of piperidine rings is 1. The summed E-state index contributed by atoms with van der Waals surface area (Å²) in [5.74, 6) is 0. The predicted molar refractivity (Wildman–Crippen MR) is 69.7 cm³/mol. The monoisotopic (exact) mass is 236 g/mol. The fourth-order valence-corrected chi connectivity index (χ4v) is 2.57. The highest BCUT2D eigenvalue weighted by molar-refractivity contribution is 5.04. The Morgan fingerprint density at radius 1 is 1.47 bits per heavy atom. The molecule has 0 bridgehead atoms. The first-order valence-electron chi connectivity index (χ1n) is 6.44. The molecule has 1 fully saturated rings. The van der Waals surface area contributed by atoms with Gasteiger partial charge in [0.05, 0.1) is 12.0 Å². The smallest absolute Gasteiger partial charge is 0.0948 e. The number of rotatable bonds is 3. The average molecular weight is 236 g/mol. The van der Waals surface area contributed by atoms with Gasteiger partial charge in [-0.15, -0.1) is 0 Å². The highest BCUT2D eigenvalue weighted by atomic mass is 15.1. The molecule has 1 aliphatic heterocycles. The molecule has 2 N–H and O–H groups in total. The van der Waals surface area contributed by atoms with Crippen LogP contribution in [0.25, 0.3) is 0 Å². The van der Waals surface area contributed by atoms with E-state index in [1.165, 1.54) is 25.9 Å². The van der Waals surface area contributed by atoms with E-state index in [0.29, 0.717) is 5.41 Å². The lowest BCUT2D eigenvalue weighted by atomic mass is 9.80. The minimum absolute atomic E-state index is 0.0624. The van der Waals surface area contributed by atoms with Crippen LogP contribution in [0.3, 0.4) is 0 Å². The van der Waals surface area contributed by atoms with E-state index in [4.69, 9.17) is 5.73 Å². The third kappa shape index (κ3) is 2.87. The Morgan fingerprint density at radius 3 is 2.71 bits per heavy atom. The van der Waals surface area contributed by atoms with Crippen LogP contribution in [-0.2, 0) is 6.54 Å². The first kappa shape index (κ1) is 12.6.